The maximum Gasteiger partial charge on any atom is 0.257 e. The fraction of sp³-hybridized carbons (Fsp3) is 0.167. The number of nitrogens with zero attached hydrogens (tertiary/aromatic N) is 5. The third-order valence-corrected chi connectivity index (χ3v) is 7.17. The van der Waals surface area contributed by atoms with Crippen molar-refractivity contribution in [3.05, 3.63) is 102 Å². The van der Waals surface area contributed by atoms with Crippen LogP contribution in [0.3, 0.4) is 0 Å². The number of carbonyl (C=O) groups is 1. The molecule has 1 amide bonds. The Hall–Kier alpha value is -4.36. The van der Waals surface area contributed by atoms with Crippen molar-refractivity contribution in [3.8, 4) is 22.6 Å². The number of rotatable bonds is 5. The number of carbonyl (C=O) groups excluding carboxylic acids is 1. The Bertz CT molecular complexity index is 1610. The molecule has 0 N–H and O–H groups in total. The Morgan fingerprint density at radius 3 is 2.42 bits per heavy atom. The fourth-order valence-corrected chi connectivity index (χ4v) is 5.24. The molecule has 5 aromatic rings. The molecule has 38 heavy (non-hydrogen) atoms. The van der Waals surface area contributed by atoms with Crippen LogP contribution in [0.2, 0.25) is 5.02 Å². The Morgan fingerprint density at radius 2 is 1.66 bits per heavy atom. The highest BCUT2D eigenvalue weighted by molar-refractivity contribution is 6.30. The van der Waals surface area contributed by atoms with Crippen LogP contribution < -0.4 is 9.64 Å². The van der Waals surface area contributed by atoms with Crippen molar-refractivity contribution in [2.75, 3.05) is 38.2 Å². The number of piperazine rings is 1. The molecule has 2 aromatic heterocycles. The zero-order chi connectivity index (χ0) is 26.1. The summed E-state index contributed by atoms with van der Waals surface area (Å²) in [4.78, 5) is 26.8. The van der Waals surface area contributed by atoms with Gasteiger partial charge in [0, 0.05) is 48.6 Å². The maximum atomic E-state index is 13.2. The van der Waals surface area contributed by atoms with Gasteiger partial charge in [0.2, 0.25) is 0 Å². The van der Waals surface area contributed by atoms with E-state index in [-0.39, 0.29) is 5.91 Å². The minimum atomic E-state index is -0.0213. The molecule has 0 radical (unpaired) electrons. The minimum Gasteiger partial charge on any atom is -0.496 e. The standard InChI is InChI=1S/C30H26ClN5O2/c1-38-26-13-6-5-12-24(26)30(37)35-16-14-34(15-17-35)28-27-25(21-8-3-2-4-9-21)19-36(29(27)33-20-32-28)23-11-7-10-22(31)18-23/h2-13,18-20H,14-17H2,1H3. The average Bonchev–Trinajstić information content (AvgIpc) is 3.37. The van der Waals surface area contributed by atoms with Crippen LogP contribution in [0.25, 0.3) is 27.8 Å². The Morgan fingerprint density at radius 1 is 0.895 bits per heavy atom. The number of anilines is 1. The maximum absolute atomic E-state index is 13.2. The number of aromatic nitrogens is 3. The van der Waals surface area contributed by atoms with Gasteiger partial charge in [0.1, 0.15) is 17.9 Å². The van der Waals surface area contributed by atoms with E-state index in [2.05, 4.69) is 27.8 Å². The van der Waals surface area contributed by atoms with Gasteiger partial charge in [0.15, 0.2) is 5.65 Å². The lowest BCUT2D eigenvalue weighted by molar-refractivity contribution is 0.0743. The number of ether oxygens (including phenoxy) is 1. The first-order chi connectivity index (χ1) is 18.6. The second-order valence-electron chi connectivity index (χ2n) is 9.13. The first kappa shape index (κ1) is 24.0. The second-order valence-corrected chi connectivity index (χ2v) is 9.57. The van der Waals surface area contributed by atoms with Crippen molar-refractivity contribution in [2.24, 2.45) is 0 Å². The summed E-state index contributed by atoms with van der Waals surface area (Å²) in [6, 6.07) is 25.4. The van der Waals surface area contributed by atoms with Crippen LogP contribution in [-0.4, -0.2) is 58.6 Å². The summed E-state index contributed by atoms with van der Waals surface area (Å²) in [7, 11) is 1.59. The predicted molar refractivity (Wildman–Crippen MR) is 150 cm³/mol. The highest BCUT2D eigenvalue weighted by Crippen LogP contribution is 2.37. The first-order valence-electron chi connectivity index (χ1n) is 12.5. The van der Waals surface area contributed by atoms with Crippen molar-refractivity contribution in [1.82, 2.24) is 19.4 Å². The molecule has 8 heteroatoms. The van der Waals surface area contributed by atoms with E-state index in [9.17, 15) is 4.79 Å². The number of amides is 1. The van der Waals surface area contributed by atoms with E-state index < -0.39 is 0 Å². The highest BCUT2D eigenvalue weighted by atomic mass is 35.5. The average molecular weight is 524 g/mol. The normalized spacial score (nSPS) is 13.6. The van der Waals surface area contributed by atoms with Crippen LogP contribution >= 0.6 is 11.6 Å². The predicted octanol–water partition coefficient (Wildman–Crippen LogP) is 5.71. The van der Waals surface area contributed by atoms with E-state index in [4.69, 9.17) is 26.3 Å². The second kappa shape index (κ2) is 10.2. The van der Waals surface area contributed by atoms with Gasteiger partial charge in [0.05, 0.1) is 18.1 Å². The van der Waals surface area contributed by atoms with Crippen molar-refractivity contribution in [2.45, 2.75) is 0 Å². The lowest BCUT2D eigenvalue weighted by Gasteiger charge is -2.36. The van der Waals surface area contributed by atoms with Crippen LogP contribution in [0.4, 0.5) is 5.82 Å². The van der Waals surface area contributed by atoms with Gasteiger partial charge in [-0.25, -0.2) is 9.97 Å². The summed E-state index contributed by atoms with van der Waals surface area (Å²) in [6.45, 7) is 2.48. The highest BCUT2D eigenvalue weighted by Gasteiger charge is 2.27. The first-order valence-corrected chi connectivity index (χ1v) is 12.9. The SMILES string of the molecule is COc1ccccc1C(=O)N1CCN(c2ncnc3c2c(-c2ccccc2)cn3-c2cccc(Cl)c2)CC1. The van der Waals surface area contributed by atoms with Gasteiger partial charge in [-0.15, -0.1) is 0 Å². The topological polar surface area (TPSA) is 63.5 Å². The smallest absolute Gasteiger partial charge is 0.257 e. The number of benzene rings is 3. The van der Waals surface area contributed by atoms with Crippen molar-refractivity contribution in [1.29, 1.82) is 0 Å². The van der Waals surface area contributed by atoms with Crippen LogP contribution in [-0.2, 0) is 0 Å². The summed E-state index contributed by atoms with van der Waals surface area (Å²) in [6.07, 6.45) is 3.71. The summed E-state index contributed by atoms with van der Waals surface area (Å²) >= 11 is 6.33. The number of halogens is 1. The molecule has 1 aliphatic heterocycles. The third kappa shape index (κ3) is 4.35. The summed E-state index contributed by atoms with van der Waals surface area (Å²) < 4.78 is 7.48. The number of methoxy groups -OCH3 is 1. The molecular formula is C30H26ClN5O2. The Labute approximate surface area is 225 Å². The zero-order valence-corrected chi connectivity index (χ0v) is 21.7. The van der Waals surface area contributed by atoms with Crippen LogP contribution in [0.1, 0.15) is 10.4 Å². The summed E-state index contributed by atoms with van der Waals surface area (Å²) in [5, 5.41) is 1.64. The minimum absolute atomic E-state index is 0.0213. The van der Waals surface area contributed by atoms with Gasteiger partial charge in [0.25, 0.3) is 5.91 Å². The molecule has 6 rings (SSSR count). The molecule has 7 nitrogen and oxygen atoms in total. The number of para-hydroxylation sites is 1. The fourth-order valence-electron chi connectivity index (χ4n) is 5.06. The molecule has 3 heterocycles. The van der Waals surface area contributed by atoms with Crippen molar-refractivity contribution in [3.63, 3.8) is 0 Å². The largest absolute Gasteiger partial charge is 0.496 e. The van der Waals surface area contributed by atoms with E-state index in [0.29, 0.717) is 42.5 Å². The quantitative estimate of drug-likeness (QED) is 0.295. The van der Waals surface area contributed by atoms with Gasteiger partial charge >= 0.3 is 0 Å². The van der Waals surface area contributed by atoms with Crippen molar-refractivity contribution >= 4 is 34.4 Å². The van der Waals surface area contributed by atoms with Crippen LogP contribution in [0, 0.1) is 0 Å². The summed E-state index contributed by atoms with van der Waals surface area (Å²) in [5.41, 5.74) is 4.45. The molecule has 3 aromatic carbocycles. The van der Waals surface area contributed by atoms with E-state index in [1.165, 1.54) is 0 Å². The van der Waals surface area contributed by atoms with Crippen molar-refractivity contribution < 1.29 is 9.53 Å². The molecule has 1 aliphatic rings. The van der Waals surface area contributed by atoms with Gasteiger partial charge in [-0.2, -0.15) is 0 Å². The zero-order valence-electron chi connectivity index (χ0n) is 20.9. The van der Waals surface area contributed by atoms with Crippen LogP contribution in [0.15, 0.2) is 91.4 Å². The van der Waals surface area contributed by atoms with E-state index in [0.717, 1.165) is 33.7 Å². The molecule has 0 unspecified atom stereocenters. The Balaban J connectivity index is 1.37. The van der Waals surface area contributed by atoms with E-state index in [1.807, 2.05) is 71.6 Å². The number of hydrogen-bond acceptors (Lipinski definition) is 5. The van der Waals surface area contributed by atoms with Gasteiger partial charge in [-0.3, -0.25) is 4.79 Å². The lowest BCUT2D eigenvalue weighted by atomic mass is 10.1. The molecular weight excluding hydrogens is 498 g/mol. The van der Waals surface area contributed by atoms with Crippen LogP contribution in [0.5, 0.6) is 5.75 Å². The number of fused-ring (bicyclic) bond motifs is 1. The molecule has 1 saturated heterocycles. The Kier molecular flexibility index (Phi) is 6.43. The molecule has 1 fully saturated rings. The van der Waals surface area contributed by atoms with E-state index in [1.54, 1.807) is 13.4 Å². The molecule has 0 saturated carbocycles. The summed E-state index contributed by atoms with van der Waals surface area (Å²) in [5.74, 6) is 1.43. The third-order valence-electron chi connectivity index (χ3n) is 6.94. The monoisotopic (exact) mass is 523 g/mol. The van der Waals surface area contributed by atoms with E-state index >= 15 is 0 Å². The molecule has 190 valence electrons. The molecule has 0 spiro atoms. The van der Waals surface area contributed by atoms with Gasteiger partial charge in [-0.05, 0) is 35.9 Å². The lowest BCUT2D eigenvalue weighted by Crippen LogP contribution is -2.49. The van der Waals surface area contributed by atoms with Gasteiger partial charge < -0.3 is 19.1 Å². The molecule has 0 atom stereocenters. The molecule has 0 aliphatic carbocycles. The molecule has 0 bridgehead atoms. The number of hydrogen-bond donors (Lipinski definition) is 0. The van der Waals surface area contributed by atoms with Gasteiger partial charge in [-0.1, -0.05) is 60.1 Å².